The van der Waals surface area contributed by atoms with E-state index in [0.29, 0.717) is 36.9 Å². The lowest BCUT2D eigenvalue weighted by Crippen LogP contribution is -2.40. The molecule has 1 atom stereocenters. The topological polar surface area (TPSA) is 98.8 Å². The number of carbonyl (C=O) groups excluding carboxylic acids is 1. The molecule has 1 saturated heterocycles. The SMILES string of the molecule is CCN1CCC[C@@H]1CNC(=O)CCCNc1nc(Cl)nc2nc[nH]c12. The van der Waals surface area contributed by atoms with E-state index in [9.17, 15) is 4.79 Å². The van der Waals surface area contributed by atoms with Crippen molar-refractivity contribution >= 4 is 34.5 Å². The number of amides is 1. The standard InChI is InChI=1S/C16H24ClN7O/c1-2-24-8-4-5-11(24)9-19-12(25)6-3-7-18-14-13-15(21-10-20-13)23-16(17)22-14/h10-11H,2-9H2,1H3,(H,19,25)(H2,18,20,21,22,23)/t11-/m1/s1. The van der Waals surface area contributed by atoms with E-state index in [1.54, 1.807) is 6.33 Å². The summed E-state index contributed by atoms with van der Waals surface area (Å²) in [6.07, 6.45) is 5.14. The van der Waals surface area contributed by atoms with Crippen LogP contribution < -0.4 is 10.6 Å². The number of hydrogen-bond acceptors (Lipinski definition) is 6. The molecule has 3 heterocycles. The Bertz CT molecular complexity index is 720. The molecule has 1 aliphatic heterocycles. The molecule has 2 aromatic rings. The highest BCUT2D eigenvalue weighted by Crippen LogP contribution is 2.18. The summed E-state index contributed by atoms with van der Waals surface area (Å²) >= 11 is 5.89. The highest BCUT2D eigenvalue weighted by atomic mass is 35.5. The summed E-state index contributed by atoms with van der Waals surface area (Å²) < 4.78 is 0. The van der Waals surface area contributed by atoms with Crippen LogP contribution >= 0.6 is 11.6 Å². The van der Waals surface area contributed by atoms with E-state index in [4.69, 9.17) is 11.6 Å². The van der Waals surface area contributed by atoms with E-state index >= 15 is 0 Å². The number of fused-ring (bicyclic) bond motifs is 1. The molecule has 3 rings (SSSR count). The molecule has 0 unspecified atom stereocenters. The number of anilines is 1. The van der Waals surface area contributed by atoms with E-state index in [1.165, 1.54) is 12.8 Å². The second kappa shape index (κ2) is 8.44. The predicted molar refractivity (Wildman–Crippen MR) is 97.7 cm³/mol. The van der Waals surface area contributed by atoms with E-state index in [2.05, 4.69) is 42.4 Å². The summed E-state index contributed by atoms with van der Waals surface area (Å²) in [6, 6.07) is 0.490. The van der Waals surface area contributed by atoms with Crippen LogP contribution in [0.5, 0.6) is 0 Å². The molecule has 1 aliphatic rings. The number of likely N-dealkylation sites (N-methyl/N-ethyl adjacent to an activating group) is 1. The smallest absolute Gasteiger partial charge is 0.226 e. The van der Waals surface area contributed by atoms with Gasteiger partial charge in [-0.3, -0.25) is 9.69 Å². The second-order valence-electron chi connectivity index (χ2n) is 6.20. The minimum atomic E-state index is 0.0946. The van der Waals surface area contributed by atoms with Gasteiger partial charge in [-0.1, -0.05) is 6.92 Å². The monoisotopic (exact) mass is 365 g/mol. The van der Waals surface area contributed by atoms with Crippen LogP contribution in [-0.4, -0.2) is 63.0 Å². The van der Waals surface area contributed by atoms with E-state index < -0.39 is 0 Å². The van der Waals surface area contributed by atoms with Crippen molar-refractivity contribution < 1.29 is 4.79 Å². The van der Waals surface area contributed by atoms with Gasteiger partial charge in [0.25, 0.3) is 0 Å². The zero-order valence-electron chi connectivity index (χ0n) is 14.4. The van der Waals surface area contributed by atoms with E-state index in [0.717, 1.165) is 25.2 Å². The Balaban J connectivity index is 1.39. The number of H-pyrrole nitrogens is 1. The fourth-order valence-electron chi connectivity index (χ4n) is 3.25. The first kappa shape index (κ1) is 17.9. The Kier molecular flexibility index (Phi) is 6.04. The minimum Gasteiger partial charge on any atom is -0.368 e. The number of likely N-dealkylation sites (tertiary alicyclic amines) is 1. The van der Waals surface area contributed by atoms with Crippen molar-refractivity contribution in [1.29, 1.82) is 0 Å². The lowest BCUT2D eigenvalue weighted by molar-refractivity contribution is -0.121. The van der Waals surface area contributed by atoms with Crippen molar-refractivity contribution in [3.8, 4) is 0 Å². The molecule has 1 fully saturated rings. The number of halogens is 1. The molecule has 8 nitrogen and oxygen atoms in total. The van der Waals surface area contributed by atoms with Gasteiger partial charge in [0.15, 0.2) is 11.5 Å². The van der Waals surface area contributed by atoms with E-state index in [-0.39, 0.29) is 11.2 Å². The fraction of sp³-hybridized carbons (Fsp3) is 0.625. The van der Waals surface area contributed by atoms with Crippen LogP contribution in [0.15, 0.2) is 6.33 Å². The van der Waals surface area contributed by atoms with E-state index in [1.807, 2.05) is 0 Å². The molecular formula is C16H24ClN7O. The highest BCUT2D eigenvalue weighted by Gasteiger charge is 2.22. The minimum absolute atomic E-state index is 0.0946. The van der Waals surface area contributed by atoms with Crippen LogP contribution in [0.4, 0.5) is 5.82 Å². The summed E-state index contributed by atoms with van der Waals surface area (Å²) in [7, 11) is 0. The molecule has 0 saturated carbocycles. The maximum absolute atomic E-state index is 12.0. The van der Waals surface area contributed by atoms with Gasteiger partial charge in [-0.25, -0.2) is 4.98 Å². The zero-order valence-corrected chi connectivity index (χ0v) is 15.1. The first-order chi connectivity index (χ1) is 12.2. The Morgan fingerprint density at radius 1 is 1.48 bits per heavy atom. The fourth-order valence-corrected chi connectivity index (χ4v) is 3.42. The third kappa shape index (κ3) is 4.58. The summed E-state index contributed by atoms with van der Waals surface area (Å²) in [5.74, 6) is 0.703. The van der Waals surface area contributed by atoms with Crippen molar-refractivity contribution in [1.82, 2.24) is 30.2 Å². The molecule has 3 N–H and O–H groups in total. The molecular weight excluding hydrogens is 342 g/mol. The number of imidazole rings is 1. The molecule has 0 aliphatic carbocycles. The molecule has 0 radical (unpaired) electrons. The summed E-state index contributed by atoms with van der Waals surface area (Å²) in [5, 5.41) is 6.39. The molecule has 136 valence electrons. The van der Waals surface area contributed by atoms with Crippen LogP contribution in [0, 0.1) is 0 Å². The van der Waals surface area contributed by atoms with Crippen molar-refractivity contribution in [2.45, 2.75) is 38.6 Å². The highest BCUT2D eigenvalue weighted by molar-refractivity contribution is 6.28. The molecule has 0 aromatic carbocycles. The number of hydrogen-bond donors (Lipinski definition) is 3. The molecule has 9 heteroatoms. The van der Waals surface area contributed by atoms with Gasteiger partial charge < -0.3 is 15.6 Å². The first-order valence-corrected chi connectivity index (χ1v) is 9.16. The van der Waals surface area contributed by atoms with Gasteiger partial charge in [0, 0.05) is 25.6 Å². The lowest BCUT2D eigenvalue weighted by atomic mass is 10.2. The zero-order chi connectivity index (χ0) is 17.6. The van der Waals surface area contributed by atoms with Gasteiger partial charge in [-0.15, -0.1) is 0 Å². The van der Waals surface area contributed by atoms with Crippen LogP contribution in [0.2, 0.25) is 5.28 Å². The third-order valence-corrected chi connectivity index (χ3v) is 4.74. The Hall–Kier alpha value is -1.93. The van der Waals surface area contributed by atoms with Crippen LogP contribution in [-0.2, 0) is 4.79 Å². The summed E-state index contributed by atoms with van der Waals surface area (Å²) in [5.41, 5.74) is 1.24. The van der Waals surface area contributed by atoms with Crippen LogP contribution in [0.25, 0.3) is 11.2 Å². The number of aromatic nitrogens is 4. The van der Waals surface area contributed by atoms with Gasteiger partial charge >= 0.3 is 0 Å². The number of nitrogens with zero attached hydrogens (tertiary/aromatic N) is 4. The Morgan fingerprint density at radius 3 is 3.20 bits per heavy atom. The maximum Gasteiger partial charge on any atom is 0.226 e. The number of rotatable bonds is 8. The average molecular weight is 366 g/mol. The normalized spacial score (nSPS) is 17.9. The van der Waals surface area contributed by atoms with Gasteiger partial charge in [-0.2, -0.15) is 9.97 Å². The molecule has 0 bridgehead atoms. The second-order valence-corrected chi connectivity index (χ2v) is 6.54. The molecule has 2 aromatic heterocycles. The Labute approximate surface area is 151 Å². The van der Waals surface area contributed by atoms with Crippen molar-refractivity contribution in [2.24, 2.45) is 0 Å². The lowest BCUT2D eigenvalue weighted by Gasteiger charge is -2.22. The summed E-state index contributed by atoms with van der Waals surface area (Å²) in [6.45, 7) is 5.73. The van der Waals surface area contributed by atoms with Crippen LogP contribution in [0.3, 0.4) is 0 Å². The first-order valence-electron chi connectivity index (χ1n) is 8.78. The van der Waals surface area contributed by atoms with Crippen molar-refractivity contribution in [3.05, 3.63) is 11.6 Å². The van der Waals surface area contributed by atoms with Gasteiger partial charge in [0.05, 0.1) is 6.33 Å². The third-order valence-electron chi connectivity index (χ3n) is 4.57. The molecule has 25 heavy (non-hydrogen) atoms. The number of aromatic amines is 1. The molecule has 1 amide bonds. The van der Waals surface area contributed by atoms with Crippen molar-refractivity contribution in [3.63, 3.8) is 0 Å². The number of carbonyl (C=O) groups is 1. The van der Waals surface area contributed by atoms with Crippen LogP contribution in [0.1, 0.15) is 32.6 Å². The largest absolute Gasteiger partial charge is 0.368 e. The van der Waals surface area contributed by atoms with Gasteiger partial charge in [0.1, 0.15) is 5.52 Å². The quantitative estimate of drug-likeness (QED) is 0.487. The average Bonchev–Trinajstić information content (AvgIpc) is 3.25. The van der Waals surface area contributed by atoms with Gasteiger partial charge in [0.2, 0.25) is 11.2 Å². The maximum atomic E-state index is 12.0. The van der Waals surface area contributed by atoms with Gasteiger partial charge in [-0.05, 0) is 44.0 Å². The predicted octanol–water partition coefficient (Wildman–Crippen LogP) is 1.80. The van der Waals surface area contributed by atoms with Crippen molar-refractivity contribution in [2.75, 3.05) is 31.5 Å². The summed E-state index contributed by atoms with van der Waals surface area (Å²) in [4.78, 5) is 29.7. The molecule has 0 spiro atoms. The number of nitrogens with one attached hydrogen (secondary N) is 3. The Morgan fingerprint density at radius 2 is 2.36 bits per heavy atom.